The molecule has 1 amide bonds. The van der Waals surface area contributed by atoms with Gasteiger partial charge in [0, 0.05) is 18.0 Å². The fourth-order valence-corrected chi connectivity index (χ4v) is 1.74. The maximum atomic E-state index is 13.6. The third-order valence-corrected chi connectivity index (χ3v) is 3.34. The minimum atomic E-state index is -0.610. The first-order chi connectivity index (χ1) is 8.60. The van der Waals surface area contributed by atoms with E-state index >= 15 is 0 Å². The average molecular weight is 253 g/mol. The van der Waals surface area contributed by atoms with E-state index in [1.807, 2.05) is 0 Å². The molecule has 2 N–H and O–H groups in total. The quantitative estimate of drug-likeness (QED) is 0.832. The maximum Gasteiger partial charge on any atom is 0.254 e. The van der Waals surface area contributed by atoms with Gasteiger partial charge in [-0.1, -0.05) is 0 Å². The number of amides is 1. The molecule has 0 heterocycles. The van der Waals surface area contributed by atoms with E-state index in [0.717, 1.165) is 12.8 Å². The highest BCUT2D eigenvalue weighted by Crippen LogP contribution is 2.44. The lowest BCUT2D eigenvalue weighted by Gasteiger charge is -2.13. The highest BCUT2D eigenvalue weighted by Gasteiger charge is 2.42. The van der Waals surface area contributed by atoms with Crippen molar-refractivity contribution in [2.45, 2.75) is 12.8 Å². The molecule has 0 aliphatic heterocycles. The molecule has 18 heavy (non-hydrogen) atoms. The molecule has 1 aliphatic carbocycles. The van der Waals surface area contributed by atoms with E-state index in [-0.39, 0.29) is 17.6 Å². The number of benzene rings is 1. The predicted octanol–water partition coefficient (Wildman–Crippen LogP) is 1.34. The molecule has 1 fully saturated rings. The van der Waals surface area contributed by atoms with E-state index in [0.29, 0.717) is 12.3 Å². The minimum Gasteiger partial charge on any atom is -0.497 e. The van der Waals surface area contributed by atoms with Crippen LogP contribution in [0.4, 0.5) is 4.39 Å². The van der Waals surface area contributed by atoms with Crippen molar-refractivity contribution in [3.63, 3.8) is 0 Å². The number of ether oxygens (including phenoxy) is 1. The molecule has 98 valence electrons. The molecular formula is C13H16FNO3. The summed E-state index contributed by atoms with van der Waals surface area (Å²) >= 11 is 0. The third-order valence-electron chi connectivity index (χ3n) is 3.34. The van der Waals surface area contributed by atoms with E-state index in [4.69, 9.17) is 9.84 Å². The van der Waals surface area contributed by atoms with Gasteiger partial charge in [-0.05, 0) is 25.0 Å². The highest BCUT2D eigenvalue weighted by molar-refractivity contribution is 5.94. The third kappa shape index (κ3) is 2.61. The number of hydrogen-bond donors (Lipinski definition) is 2. The first kappa shape index (κ1) is 12.8. The summed E-state index contributed by atoms with van der Waals surface area (Å²) in [5.74, 6) is -0.700. The van der Waals surface area contributed by atoms with Crippen molar-refractivity contribution in [2.75, 3.05) is 20.3 Å². The monoisotopic (exact) mass is 253 g/mol. The molecule has 2 rings (SSSR count). The smallest absolute Gasteiger partial charge is 0.254 e. The van der Waals surface area contributed by atoms with Crippen molar-refractivity contribution in [1.29, 1.82) is 0 Å². The molecule has 5 heteroatoms. The number of nitrogens with one attached hydrogen (secondary N) is 1. The van der Waals surface area contributed by atoms with Crippen LogP contribution >= 0.6 is 0 Å². The van der Waals surface area contributed by atoms with Crippen LogP contribution in [0.2, 0.25) is 0 Å². The van der Waals surface area contributed by atoms with Crippen LogP contribution in [0.5, 0.6) is 5.75 Å². The summed E-state index contributed by atoms with van der Waals surface area (Å²) in [7, 11) is 1.44. The summed E-state index contributed by atoms with van der Waals surface area (Å²) in [6, 6.07) is 4.10. The second-order valence-electron chi connectivity index (χ2n) is 4.69. The van der Waals surface area contributed by atoms with Gasteiger partial charge in [-0.15, -0.1) is 0 Å². The van der Waals surface area contributed by atoms with Gasteiger partial charge < -0.3 is 15.2 Å². The molecule has 1 aromatic carbocycles. The van der Waals surface area contributed by atoms with Crippen LogP contribution in [0, 0.1) is 11.2 Å². The number of halogens is 1. The molecule has 0 bridgehead atoms. The zero-order chi connectivity index (χ0) is 13.2. The lowest BCUT2D eigenvalue weighted by atomic mass is 10.1. The number of carbonyl (C=O) groups excluding carboxylic acids is 1. The van der Waals surface area contributed by atoms with Crippen LogP contribution in [0.3, 0.4) is 0 Å². The normalized spacial score (nSPS) is 16.2. The molecule has 0 atom stereocenters. The SMILES string of the molecule is COc1ccc(C(=O)NCC2(CO)CC2)c(F)c1. The van der Waals surface area contributed by atoms with Crippen molar-refractivity contribution < 1.29 is 19.0 Å². The van der Waals surface area contributed by atoms with Crippen molar-refractivity contribution >= 4 is 5.91 Å². The van der Waals surface area contributed by atoms with Gasteiger partial charge in [0.15, 0.2) is 0 Å². The summed E-state index contributed by atoms with van der Waals surface area (Å²) in [6.07, 6.45) is 1.80. The Kier molecular flexibility index (Phi) is 3.52. The summed E-state index contributed by atoms with van der Waals surface area (Å²) in [5.41, 5.74) is -0.192. The van der Waals surface area contributed by atoms with Crippen LogP contribution in [-0.2, 0) is 0 Å². The number of aliphatic hydroxyl groups excluding tert-OH is 1. The predicted molar refractivity (Wildman–Crippen MR) is 64.0 cm³/mol. The molecule has 0 saturated heterocycles. The number of rotatable bonds is 5. The Morgan fingerprint density at radius 2 is 2.28 bits per heavy atom. The minimum absolute atomic E-state index is 0.00969. The molecule has 1 aliphatic rings. The molecule has 4 nitrogen and oxygen atoms in total. The molecule has 0 aromatic heterocycles. The van der Waals surface area contributed by atoms with Gasteiger partial charge in [-0.2, -0.15) is 0 Å². The lowest BCUT2D eigenvalue weighted by molar-refractivity contribution is 0.0931. The molecule has 0 radical (unpaired) electrons. The van der Waals surface area contributed by atoms with Crippen molar-refractivity contribution in [2.24, 2.45) is 5.41 Å². The fourth-order valence-electron chi connectivity index (χ4n) is 1.74. The molecule has 1 aromatic rings. The Morgan fingerprint density at radius 3 is 2.78 bits per heavy atom. The van der Waals surface area contributed by atoms with E-state index in [2.05, 4.69) is 5.32 Å². The first-order valence-electron chi connectivity index (χ1n) is 5.83. The topological polar surface area (TPSA) is 58.6 Å². The first-order valence-corrected chi connectivity index (χ1v) is 5.83. The molecule has 0 spiro atoms. The highest BCUT2D eigenvalue weighted by atomic mass is 19.1. The van der Waals surface area contributed by atoms with Gasteiger partial charge in [0.1, 0.15) is 11.6 Å². The Bertz CT molecular complexity index is 458. The standard InChI is InChI=1S/C13H16FNO3/c1-18-9-2-3-10(11(14)6-9)12(17)15-7-13(8-16)4-5-13/h2-3,6,16H,4-5,7-8H2,1H3,(H,15,17). The number of hydrogen-bond acceptors (Lipinski definition) is 3. The number of aliphatic hydroxyl groups is 1. The van der Waals surface area contributed by atoms with Gasteiger partial charge in [-0.25, -0.2) is 4.39 Å². The Labute approximate surface area is 105 Å². The van der Waals surface area contributed by atoms with Crippen molar-refractivity contribution in [3.05, 3.63) is 29.6 Å². The second-order valence-corrected chi connectivity index (χ2v) is 4.69. The molecule has 0 unspecified atom stereocenters. The Morgan fingerprint density at radius 1 is 1.56 bits per heavy atom. The van der Waals surface area contributed by atoms with Gasteiger partial charge in [0.05, 0.1) is 19.3 Å². The molecular weight excluding hydrogens is 237 g/mol. The van der Waals surface area contributed by atoms with Gasteiger partial charge in [0.2, 0.25) is 0 Å². The summed E-state index contributed by atoms with van der Waals surface area (Å²) in [6.45, 7) is 0.437. The van der Waals surface area contributed by atoms with E-state index in [1.54, 1.807) is 0 Å². The van der Waals surface area contributed by atoms with Crippen LogP contribution in [0.25, 0.3) is 0 Å². The van der Waals surface area contributed by atoms with E-state index < -0.39 is 11.7 Å². The Hall–Kier alpha value is -1.62. The van der Waals surface area contributed by atoms with E-state index in [9.17, 15) is 9.18 Å². The zero-order valence-corrected chi connectivity index (χ0v) is 10.2. The van der Waals surface area contributed by atoms with Crippen LogP contribution < -0.4 is 10.1 Å². The second kappa shape index (κ2) is 4.94. The zero-order valence-electron chi connectivity index (χ0n) is 10.2. The van der Waals surface area contributed by atoms with Crippen LogP contribution in [-0.4, -0.2) is 31.3 Å². The number of methoxy groups -OCH3 is 1. The lowest BCUT2D eigenvalue weighted by Crippen LogP contribution is -2.32. The largest absolute Gasteiger partial charge is 0.497 e. The average Bonchev–Trinajstić information content (AvgIpc) is 3.16. The van der Waals surface area contributed by atoms with Gasteiger partial charge >= 0.3 is 0 Å². The summed E-state index contributed by atoms with van der Waals surface area (Å²) < 4.78 is 18.5. The van der Waals surface area contributed by atoms with Gasteiger partial charge in [0.25, 0.3) is 5.91 Å². The van der Waals surface area contributed by atoms with Crippen LogP contribution in [0.1, 0.15) is 23.2 Å². The maximum absolute atomic E-state index is 13.6. The Balaban J connectivity index is 2.00. The number of carbonyl (C=O) groups is 1. The molecule has 1 saturated carbocycles. The van der Waals surface area contributed by atoms with Crippen molar-refractivity contribution in [3.8, 4) is 5.75 Å². The van der Waals surface area contributed by atoms with Crippen LogP contribution in [0.15, 0.2) is 18.2 Å². The fraction of sp³-hybridized carbons (Fsp3) is 0.462. The van der Waals surface area contributed by atoms with Crippen molar-refractivity contribution in [1.82, 2.24) is 5.32 Å². The van der Waals surface area contributed by atoms with Gasteiger partial charge in [-0.3, -0.25) is 4.79 Å². The van der Waals surface area contributed by atoms with E-state index in [1.165, 1.54) is 25.3 Å². The summed E-state index contributed by atoms with van der Waals surface area (Å²) in [4.78, 5) is 11.8. The summed E-state index contributed by atoms with van der Waals surface area (Å²) in [5, 5.41) is 11.8.